The monoisotopic (exact) mass is 1070 g/mol. The van der Waals surface area contributed by atoms with E-state index >= 15 is 0 Å². The largest absolute Gasteiger partial charge is 0.491 e. The third kappa shape index (κ3) is 30.2. The molecule has 2 N–H and O–H groups in total. The van der Waals surface area contributed by atoms with Crippen LogP contribution in [0.4, 0.5) is 10.1 Å². The van der Waals surface area contributed by atoms with E-state index in [1.54, 1.807) is 6.07 Å². The lowest BCUT2D eigenvalue weighted by Crippen LogP contribution is -2.38. The van der Waals surface area contributed by atoms with Crippen LogP contribution in [0, 0.1) is 31.0 Å². The average Bonchev–Trinajstić information content (AvgIpc) is 4.09. The van der Waals surface area contributed by atoms with Crippen LogP contribution in [0.2, 0.25) is 0 Å². The van der Waals surface area contributed by atoms with E-state index in [2.05, 4.69) is 73.0 Å². The van der Waals surface area contributed by atoms with Crippen LogP contribution in [-0.2, 0) is 32.2 Å². The van der Waals surface area contributed by atoms with E-state index in [9.17, 15) is 4.39 Å². The molecule has 2 saturated heterocycles. The molecule has 0 aliphatic carbocycles. The molecule has 11 nitrogen and oxygen atoms in total. The van der Waals surface area contributed by atoms with Gasteiger partial charge in [-0.15, -0.1) is 6.42 Å². The molecule has 0 bridgehead atoms. The second-order valence-corrected chi connectivity index (χ2v) is 22.4. The molecule has 4 aromatic carbocycles. The summed E-state index contributed by atoms with van der Waals surface area (Å²) in [6.07, 6.45) is 12.3. The summed E-state index contributed by atoms with van der Waals surface area (Å²) in [4.78, 5) is 11.0. The molecule has 0 spiro atoms. The lowest BCUT2D eigenvalue weighted by molar-refractivity contribution is -0.150. The topological polar surface area (TPSA) is 107 Å². The van der Waals surface area contributed by atoms with Gasteiger partial charge in [-0.25, -0.2) is 4.39 Å². The highest BCUT2D eigenvalue weighted by atomic mass is 19.1. The zero-order valence-electron chi connectivity index (χ0n) is 48.7. The smallest absolute Gasteiger partial charge is 0.223 e. The molecule has 4 aliphatic rings. The summed E-state index contributed by atoms with van der Waals surface area (Å²) in [5.74, 6) is 5.07. The number of para-hydroxylation sites is 2. The number of fused-ring (bicyclic) bond motifs is 2. The van der Waals surface area contributed by atoms with E-state index in [0.29, 0.717) is 37.7 Å². The van der Waals surface area contributed by atoms with Crippen molar-refractivity contribution in [2.45, 2.75) is 206 Å². The van der Waals surface area contributed by atoms with Gasteiger partial charge in [0.05, 0.1) is 53.5 Å². The Bertz CT molecular complexity index is 2340. The highest BCUT2D eigenvalue weighted by Gasteiger charge is 2.24. The van der Waals surface area contributed by atoms with Crippen molar-refractivity contribution in [2.24, 2.45) is 15.9 Å². The number of hydrogen-bond acceptors (Lipinski definition) is 11. The quantitative estimate of drug-likeness (QED) is 0.127. The second kappa shape index (κ2) is 37.1. The van der Waals surface area contributed by atoms with Crippen LogP contribution in [0.25, 0.3) is 0 Å². The van der Waals surface area contributed by atoms with Crippen molar-refractivity contribution in [1.29, 1.82) is 0 Å². The van der Waals surface area contributed by atoms with Crippen LogP contribution >= 0.6 is 0 Å². The molecular formula is C65H104FN5O6. The van der Waals surface area contributed by atoms with Crippen molar-refractivity contribution < 1.29 is 32.8 Å². The van der Waals surface area contributed by atoms with Crippen molar-refractivity contribution >= 4 is 5.69 Å². The summed E-state index contributed by atoms with van der Waals surface area (Å²) < 4.78 is 46.4. The number of anilines is 1. The third-order valence-electron chi connectivity index (χ3n) is 12.0. The molecular weight excluding hydrogens is 966 g/mol. The Labute approximate surface area is 467 Å². The van der Waals surface area contributed by atoms with Crippen LogP contribution in [0.3, 0.4) is 0 Å². The number of ether oxygens (including phenoxy) is 6. The molecule has 4 aliphatic heterocycles. The second-order valence-electron chi connectivity index (χ2n) is 22.4. The predicted molar refractivity (Wildman–Crippen MR) is 320 cm³/mol. The molecule has 77 heavy (non-hydrogen) atoms. The van der Waals surface area contributed by atoms with Crippen molar-refractivity contribution in [2.75, 3.05) is 51.4 Å². The maximum Gasteiger partial charge on any atom is 0.223 e. The minimum absolute atomic E-state index is 0. The first-order chi connectivity index (χ1) is 35.5. The lowest BCUT2D eigenvalue weighted by atomic mass is 9.95. The summed E-state index contributed by atoms with van der Waals surface area (Å²) >= 11 is 0. The number of benzene rings is 4. The van der Waals surface area contributed by atoms with E-state index in [0.717, 1.165) is 57.0 Å². The van der Waals surface area contributed by atoms with Gasteiger partial charge in [-0.1, -0.05) is 63.2 Å². The summed E-state index contributed by atoms with van der Waals surface area (Å²) in [5, 5.41) is 8.36. The zero-order valence-corrected chi connectivity index (χ0v) is 48.7. The van der Waals surface area contributed by atoms with Crippen molar-refractivity contribution in [3.63, 3.8) is 0 Å². The first kappa shape index (κ1) is 70.1. The summed E-state index contributed by atoms with van der Waals surface area (Å²) in [6, 6.07) is 26.9. The van der Waals surface area contributed by atoms with Gasteiger partial charge in [-0.05, 0) is 216 Å². The summed E-state index contributed by atoms with van der Waals surface area (Å²) in [6.45, 7) is 39.4. The normalized spacial score (nSPS) is 15.6. The molecule has 0 saturated carbocycles. The maximum absolute atomic E-state index is 13.1. The van der Waals surface area contributed by atoms with Crippen molar-refractivity contribution in [3.05, 3.63) is 124 Å². The van der Waals surface area contributed by atoms with Gasteiger partial charge < -0.3 is 39.1 Å². The molecule has 1 unspecified atom stereocenters. The molecule has 2 fully saturated rings. The van der Waals surface area contributed by atoms with Crippen LogP contribution in [-0.4, -0.2) is 92.7 Å². The Kier molecular flexibility index (Phi) is 33.8. The fraction of sp³-hybridized carbons (Fsp3) is 0.600. The lowest BCUT2D eigenvalue weighted by Gasteiger charge is -2.31. The number of hydrogen-bond donors (Lipinski definition) is 2. The molecule has 0 amide bonds. The van der Waals surface area contributed by atoms with E-state index in [4.69, 9.17) is 34.8 Å². The summed E-state index contributed by atoms with van der Waals surface area (Å²) in [5.41, 5.74) is 5.18. The van der Waals surface area contributed by atoms with Crippen molar-refractivity contribution in [1.82, 2.24) is 10.2 Å². The van der Waals surface area contributed by atoms with E-state index in [-0.39, 0.29) is 56.9 Å². The van der Waals surface area contributed by atoms with Gasteiger partial charge in [-0.3, -0.25) is 14.9 Å². The molecule has 0 radical (unpaired) electrons. The van der Waals surface area contributed by atoms with Crippen molar-refractivity contribution in [3.8, 4) is 23.8 Å². The Balaban J connectivity index is 0.000000462. The summed E-state index contributed by atoms with van der Waals surface area (Å²) in [7, 11) is 0. The predicted octanol–water partition coefficient (Wildman–Crippen LogP) is 13.9. The first-order valence-electron chi connectivity index (χ1n) is 27.4. The van der Waals surface area contributed by atoms with Gasteiger partial charge in [0.15, 0.2) is 0 Å². The number of likely N-dealkylation sites (tertiary alicyclic amines) is 1. The average molecular weight is 1070 g/mol. The standard InChI is InChI=1S/C12H16O3.C12H14O.C11H23NO.C10H14FN.C10H12N2O.C8H17N.2CH4/c1-9(2)13-8-12-14-7-10-5-3-4-6-11(10)15-12;1-4-11-5-7-12(8-6-11)9-13-10(2)3;1-11(2,3)13-9-6-10-4-7-12-8-5-10;1-7(2)12-10-8(3)5-4-6-9(10)11;1-7(2)13-8-3-4-9-10(5-8)12-6-11-9;1-8(2,3)9-6-4-5-7-9;;/h3-6,9,12H,7-8H2,1-2H3;1,5-8,10H,9H2,2-3H3;10,12H,4-9H2,1-3H3;4-7,12H,1-3H3;3-5,7H,6H2,1-2H3;4-7H2,1-3H3;2*1H4. The third-order valence-corrected chi connectivity index (χ3v) is 12.0. The Morgan fingerprint density at radius 1 is 0.792 bits per heavy atom. The van der Waals surface area contributed by atoms with E-state index in [1.807, 2.05) is 135 Å². The van der Waals surface area contributed by atoms with Crippen LogP contribution < -0.4 is 30.8 Å². The molecule has 8 rings (SSSR count). The van der Waals surface area contributed by atoms with Gasteiger partial charge in [0.25, 0.3) is 0 Å². The fourth-order valence-electron chi connectivity index (χ4n) is 7.90. The first-order valence-corrected chi connectivity index (χ1v) is 27.4. The molecule has 432 valence electrons. The van der Waals surface area contributed by atoms with Gasteiger partial charge >= 0.3 is 0 Å². The number of piperidine rings is 1. The Morgan fingerprint density at radius 3 is 1.99 bits per heavy atom. The van der Waals surface area contributed by atoms with Gasteiger partial charge in [0.1, 0.15) is 30.6 Å². The molecule has 1 atom stereocenters. The number of aryl methyl sites for hydroxylation is 1. The molecule has 0 aromatic heterocycles. The minimum Gasteiger partial charge on any atom is -0.491 e. The highest BCUT2D eigenvalue weighted by molar-refractivity contribution is 5.52. The van der Waals surface area contributed by atoms with Gasteiger partial charge in [-0.2, -0.15) is 0 Å². The zero-order chi connectivity index (χ0) is 55.4. The number of nitrogens with zero attached hydrogens (tertiary/aromatic N) is 3. The van der Waals surface area contributed by atoms with Crippen LogP contribution in [0.15, 0.2) is 94.9 Å². The minimum atomic E-state index is -0.276. The number of nitrogens with one attached hydrogen (secondary N) is 2. The van der Waals surface area contributed by atoms with Gasteiger partial charge in [0.2, 0.25) is 6.29 Å². The number of terminal acetylenes is 1. The molecule has 4 aromatic rings. The molecule has 4 heterocycles. The Morgan fingerprint density at radius 2 is 1.43 bits per heavy atom. The number of halogens is 1. The highest BCUT2D eigenvalue weighted by Crippen LogP contribution is 2.26. The SMILES string of the molecule is C.C.C#Cc1ccc(COC(C)C)cc1.CC(C)(C)N1CCCC1.CC(C)(C)OCCC1CCNCC1.CC(C)OCC1OCc2ccccc2O1.CC(C)Oc1ccc2c(c1)=NCN=2.Cc1cccc(F)c1NC(C)C. The maximum atomic E-state index is 13.1. The van der Waals surface area contributed by atoms with Gasteiger partial charge in [0, 0.05) is 35.4 Å². The van der Waals surface area contributed by atoms with E-state index in [1.165, 1.54) is 64.3 Å². The molecule has 12 heteroatoms. The van der Waals surface area contributed by atoms with Crippen LogP contribution in [0.5, 0.6) is 11.5 Å². The fourth-order valence-corrected chi connectivity index (χ4v) is 7.90. The van der Waals surface area contributed by atoms with E-state index < -0.39 is 0 Å². The Hall–Kier alpha value is -4.87. The number of rotatable bonds is 13. The van der Waals surface area contributed by atoms with Crippen LogP contribution in [0.1, 0.15) is 166 Å².